The Morgan fingerprint density at radius 2 is 1.88 bits per heavy atom. The van der Waals surface area contributed by atoms with Gasteiger partial charge in [-0.2, -0.15) is 0 Å². The highest BCUT2D eigenvalue weighted by Crippen LogP contribution is 2.44. The largest absolute Gasteiger partial charge is 0.367 e. The van der Waals surface area contributed by atoms with Gasteiger partial charge in [-0.1, -0.05) is 45.9 Å². The molecule has 0 radical (unpaired) electrons. The quantitative estimate of drug-likeness (QED) is 0.727. The van der Waals surface area contributed by atoms with Gasteiger partial charge in [0.1, 0.15) is 0 Å². The van der Waals surface area contributed by atoms with E-state index in [1.165, 1.54) is 11.3 Å². The average molecular weight is 217 g/mol. The zero-order valence-electron chi connectivity index (χ0n) is 11.1. The second-order valence-corrected chi connectivity index (χ2v) is 5.96. The predicted octanol–water partition coefficient (Wildman–Crippen LogP) is 3.83. The van der Waals surface area contributed by atoms with Gasteiger partial charge < -0.3 is 4.90 Å². The van der Waals surface area contributed by atoms with E-state index in [1.54, 1.807) is 0 Å². The molecule has 0 bridgehead atoms. The van der Waals surface area contributed by atoms with Crippen LogP contribution in [0.2, 0.25) is 0 Å². The second kappa shape index (κ2) is 3.80. The van der Waals surface area contributed by atoms with Crippen LogP contribution in [0.25, 0.3) is 0 Å². The van der Waals surface area contributed by atoms with Gasteiger partial charge in [0.05, 0.1) is 0 Å². The molecule has 1 aromatic rings. The van der Waals surface area contributed by atoms with Crippen LogP contribution in [0.5, 0.6) is 0 Å². The van der Waals surface area contributed by atoms with Crippen molar-refractivity contribution in [2.45, 2.75) is 46.1 Å². The number of hydrogen-bond acceptors (Lipinski definition) is 1. The first-order chi connectivity index (χ1) is 7.44. The SMILES string of the molecule is CC(C)CN1c2ccccc2C(C)(C)C1C. The summed E-state index contributed by atoms with van der Waals surface area (Å²) in [6, 6.07) is 9.45. The molecular formula is C15H23N. The second-order valence-electron chi connectivity index (χ2n) is 5.96. The number of benzene rings is 1. The molecule has 0 aromatic heterocycles. The van der Waals surface area contributed by atoms with Gasteiger partial charge in [0.15, 0.2) is 0 Å². The number of fused-ring (bicyclic) bond motifs is 1. The first-order valence-electron chi connectivity index (χ1n) is 6.30. The molecule has 0 saturated carbocycles. The zero-order chi connectivity index (χ0) is 11.9. The summed E-state index contributed by atoms with van der Waals surface area (Å²) in [6.45, 7) is 12.8. The lowest BCUT2D eigenvalue weighted by molar-refractivity contribution is 0.427. The number of nitrogens with zero attached hydrogens (tertiary/aromatic N) is 1. The number of rotatable bonds is 2. The predicted molar refractivity (Wildman–Crippen MR) is 71.1 cm³/mol. The Morgan fingerprint density at radius 1 is 1.25 bits per heavy atom. The molecule has 0 amide bonds. The smallest absolute Gasteiger partial charge is 0.0407 e. The van der Waals surface area contributed by atoms with Crippen LogP contribution in [0.15, 0.2) is 24.3 Å². The Hall–Kier alpha value is -0.980. The molecule has 0 aliphatic carbocycles. The van der Waals surface area contributed by atoms with Crippen LogP contribution in [0, 0.1) is 5.92 Å². The third-order valence-electron chi connectivity index (χ3n) is 3.98. The van der Waals surface area contributed by atoms with Gasteiger partial charge in [-0.15, -0.1) is 0 Å². The first kappa shape index (κ1) is 11.5. The van der Waals surface area contributed by atoms with Gasteiger partial charge in [-0.25, -0.2) is 0 Å². The maximum absolute atomic E-state index is 2.57. The first-order valence-corrected chi connectivity index (χ1v) is 6.30. The van der Waals surface area contributed by atoms with E-state index in [4.69, 9.17) is 0 Å². The lowest BCUT2D eigenvalue weighted by atomic mass is 9.81. The zero-order valence-corrected chi connectivity index (χ0v) is 11.1. The van der Waals surface area contributed by atoms with E-state index in [0.717, 1.165) is 6.54 Å². The topological polar surface area (TPSA) is 3.24 Å². The van der Waals surface area contributed by atoms with Gasteiger partial charge in [-0.05, 0) is 24.5 Å². The van der Waals surface area contributed by atoms with Crippen LogP contribution in [0.4, 0.5) is 5.69 Å². The van der Waals surface area contributed by atoms with E-state index in [1.807, 2.05) is 0 Å². The highest BCUT2D eigenvalue weighted by atomic mass is 15.2. The van der Waals surface area contributed by atoms with Crippen LogP contribution >= 0.6 is 0 Å². The molecule has 0 saturated heterocycles. The monoisotopic (exact) mass is 217 g/mol. The Bertz CT molecular complexity index is 379. The molecule has 1 aliphatic rings. The molecule has 1 aromatic carbocycles. The Kier molecular flexibility index (Phi) is 2.73. The fourth-order valence-electron chi connectivity index (χ4n) is 2.74. The summed E-state index contributed by atoms with van der Waals surface area (Å²) >= 11 is 0. The third kappa shape index (κ3) is 1.63. The van der Waals surface area contributed by atoms with Crippen molar-refractivity contribution in [3.8, 4) is 0 Å². The van der Waals surface area contributed by atoms with E-state index in [2.05, 4.69) is 63.8 Å². The molecule has 1 heterocycles. The number of anilines is 1. The van der Waals surface area contributed by atoms with E-state index in [0.29, 0.717) is 12.0 Å². The van der Waals surface area contributed by atoms with Crippen LogP contribution in [-0.2, 0) is 5.41 Å². The van der Waals surface area contributed by atoms with E-state index >= 15 is 0 Å². The average Bonchev–Trinajstić information content (AvgIpc) is 2.41. The number of hydrogen-bond donors (Lipinski definition) is 0. The fraction of sp³-hybridized carbons (Fsp3) is 0.600. The lowest BCUT2D eigenvalue weighted by Crippen LogP contribution is -2.40. The molecule has 16 heavy (non-hydrogen) atoms. The number of para-hydroxylation sites is 1. The lowest BCUT2D eigenvalue weighted by Gasteiger charge is -2.32. The van der Waals surface area contributed by atoms with Gasteiger partial charge in [0.2, 0.25) is 0 Å². The molecule has 1 heteroatoms. The summed E-state index contributed by atoms with van der Waals surface area (Å²) < 4.78 is 0. The van der Waals surface area contributed by atoms with Crippen LogP contribution in [-0.4, -0.2) is 12.6 Å². The van der Waals surface area contributed by atoms with Crippen molar-refractivity contribution < 1.29 is 0 Å². The van der Waals surface area contributed by atoms with Gasteiger partial charge in [0.25, 0.3) is 0 Å². The minimum Gasteiger partial charge on any atom is -0.367 e. The molecule has 0 N–H and O–H groups in total. The minimum atomic E-state index is 0.269. The maximum atomic E-state index is 2.57. The minimum absolute atomic E-state index is 0.269. The van der Waals surface area contributed by atoms with Crippen molar-refractivity contribution in [2.24, 2.45) is 5.92 Å². The van der Waals surface area contributed by atoms with Crippen molar-refractivity contribution in [2.75, 3.05) is 11.4 Å². The van der Waals surface area contributed by atoms with Crippen molar-refractivity contribution >= 4 is 5.69 Å². The highest BCUT2D eigenvalue weighted by molar-refractivity contribution is 5.63. The molecule has 1 aliphatic heterocycles. The molecular weight excluding hydrogens is 194 g/mol. The Labute approximate surface area is 99.5 Å². The normalized spacial score (nSPS) is 22.6. The molecule has 1 unspecified atom stereocenters. The van der Waals surface area contributed by atoms with Crippen LogP contribution in [0.1, 0.15) is 40.2 Å². The molecule has 0 spiro atoms. The summed E-state index contributed by atoms with van der Waals surface area (Å²) in [5, 5.41) is 0. The Morgan fingerprint density at radius 3 is 2.50 bits per heavy atom. The van der Waals surface area contributed by atoms with Crippen LogP contribution in [0.3, 0.4) is 0 Å². The van der Waals surface area contributed by atoms with Crippen LogP contribution < -0.4 is 4.90 Å². The van der Waals surface area contributed by atoms with Gasteiger partial charge in [0, 0.05) is 23.7 Å². The summed E-state index contributed by atoms with van der Waals surface area (Å²) in [6.07, 6.45) is 0. The standard InChI is InChI=1S/C15H23N/c1-11(2)10-16-12(3)15(4,5)13-8-6-7-9-14(13)16/h6-9,11-12H,10H2,1-5H3. The van der Waals surface area contributed by atoms with Crippen molar-refractivity contribution in [1.29, 1.82) is 0 Å². The summed E-state index contributed by atoms with van der Waals surface area (Å²) in [4.78, 5) is 2.57. The molecule has 1 atom stereocenters. The summed E-state index contributed by atoms with van der Waals surface area (Å²) in [5.74, 6) is 0.712. The van der Waals surface area contributed by atoms with Gasteiger partial charge in [-0.3, -0.25) is 0 Å². The van der Waals surface area contributed by atoms with Crippen molar-refractivity contribution in [1.82, 2.24) is 0 Å². The molecule has 2 rings (SSSR count). The molecule has 1 nitrogen and oxygen atoms in total. The van der Waals surface area contributed by atoms with Gasteiger partial charge >= 0.3 is 0 Å². The summed E-state index contributed by atoms with van der Waals surface area (Å²) in [7, 11) is 0. The summed E-state index contributed by atoms with van der Waals surface area (Å²) in [5.41, 5.74) is 3.21. The van der Waals surface area contributed by atoms with Crippen molar-refractivity contribution in [3.63, 3.8) is 0 Å². The molecule has 0 fully saturated rings. The highest BCUT2D eigenvalue weighted by Gasteiger charge is 2.41. The van der Waals surface area contributed by atoms with E-state index in [9.17, 15) is 0 Å². The van der Waals surface area contributed by atoms with E-state index < -0.39 is 0 Å². The molecule has 88 valence electrons. The third-order valence-corrected chi connectivity index (χ3v) is 3.98. The van der Waals surface area contributed by atoms with E-state index in [-0.39, 0.29) is 5.41 Å². The fourth-order valence-corrected chi connectivity index (χ4v) is 2.74. The maximum Gasteiger partial charge on any atom is 0.0407 e. The Balaban J connectivity index is 2.43. The van der Waals surface area contributed by atoms with Crippen molar-refractivity contribution in [3.05, 3.63) is 29.8 Å².